The number of esters is 1. The lowest BCUT2D eigenvalue weighted by Gasteiger charge is -2.26. The highest BCUT2D eigenvalue weighted by Gasteiger charge is 2.43. The summed E-state index contributed by atoms with van der Waals surface area (Å²) in [6.45, 7) is 0.500. The number of fused-ring (bicyclic) bond motifs is 1. The van der Waals surface area contributed by atoms with Gasteiger partial charge in [0.1, 0.15) is 12.1 Å². The molecule has 1 N–H and O–H groups in total. The fourth-order valence-corrected chi connectivity index (χ4v) is 3.09. The molecule has 27 heavy (non-hydrogen) atoms. The van der Waals surface area contributed by atoms with Crippen LogP contribution in [-0.2, 0) is 25.5 Å². The van der Waals surface area contributed by atoms with Gasteiger partial charge in [-0.15, -0.1) is 0 Å². The molecule has 140 valence electrons. The van der Waals surface area contributed by atoms with Gasteiger partial charge in [-0.25, -0.2) is 0 Å². The molecule has 1 aliphatic heterocycles. The predicted molar refractivity (Wildman–Crippen MR) is 92.0 cm³/mol. The van der Waals surface area contributed by atoms with Gasteiger partial charge in [-0.1, -0.05) is 18.2 Å². The summed E-state index contributed by atoms with van der Waals surface area (Å²) in [6.07, 6.45) is 1.76. The summed E-state index contributed by atoms with van der Waals surface area (Å²) in [7, 11) is 0. The minimum absolute atomic E-state index is 0.0254. The number of hydrogen-bond donors (Lipinski definition) is 1. The second-order valence-corrected chi connectivity index (χ2v) is 6.92. The summed E-state index contributed by atoms with van der Waals surface area (Å²) in [6, 6.07) is 8.78. The van der Waals surface area contributed by atoms with Crippen molar-refractivity contribution >= 4 is 23.7 Å². The lowest BCUT2D eigenvalue weighted by atomic mass is 9.98. The van der Waals surface area contributed by atoms with Crippen molar-refractivity contribution < 1.29 is 23.9 Å². The number of nitrogens with one attached hydrogen (secondary N) is 1. The molecule has 0 spiro atoms. The Morgan fingerprint density at radius 3 is 2.70 bits per heavy atom. The van der Waals surface area contributed by atoms with Crippen LogP contribution in [0.3, 0.4) is 0 Å². The second-order valence-electron chi connectivity index (χ2n) is 6.92. The molecule has 0 unspecified atom stereocenters. The predicted octanol–water partition coefficient (Wildman–Crippen LogP) is 0.563. The van der Waals surface area contributed by atoms with Gasteiger partial charge in [-0.05, 0) is 37.3 Å². The van der Waals surface area contributed by atoms with Crippen LogP contribution in [0.2, 0.25) is 0 Å². The molecule has 0 aromatic heterocycles. The van der Waals surface area contributed by atoms with Gasteiger partial charge in [0.25, 0.3) is 11.8 Å². The summed E-state index contributed by atoms with van der Waals surface area (Å²) < 4.78 is 4.88. The maximum Gasteiger partial charge on any atom is 0.326 e. The Balaban J connectivity index is 1.54. The van der Waals surface area contributed by atoms with Crippen LogP contribution in [-0.4, -0.2) is 47.3 Å². The molecule has 3 amide bonds. The molecular weight excluding hydrogens is 350 g/mol. The van der Waals surface area contributed by atoms with Gasteiger partial charge < -0.3 is 10.1 Å². The highest BCUT2D eigenvalue weighted by atomic mass is 16.5. The van der Waals surface area contributed by atoms with E-state index in [4.69, 9.17) is 4.74 Å². The molecule has 0 saturated heterocycles. The fraction of sp³-hybridized carbons (Fsp3) is 0.421. The summed E-state index contributed by atoms with van der Waals surface area (Å²) in [4.78, 5) is 49.3. The lowest BCUT2D eigenvalue weighted by molar-refractivity contribution is -0.151. The van der Waals surface area contributed by atoms with E-state index in [1.807, 2.05) is 0 Å². The van der Waals surface area contributed by atoms with Crippen LogP contribution < -0.4 is 5.32 Å². The van der Waals surface area contributed by atoms with Crippen molar-refractivity contribution in [2.75, 3.05) is 13.2 Å². The van der Waals surface area contributed by atoms with Gasteiger partial charge in [-0.3, -0.25) is 24.1 Å². The second kappa shape index (κ2) is 7.19. The number of ether oxygens (including phenoxy) is 1. The molecule has 8 nitrogen and oxygen atoms in total. The average Bonchev–Trinajstić information content (AvgIpc) is 3.49. The van der Waals surface area contributed by atoms with E-state index in [1.54, 1.807) is 31.2 Å². The molecule has 0 radical (unpaired) electrons. The van der Waals surface area contributed by atoms with E-state index < -0.39 is 42.4 Å². The zero-order valence-electron chi connectivity index (χ0n) is 14.9. The molecule has 1 aliphatic carbocycles. The van der Waals surface area contributed by atoms with Crippen LogP contribution in [0.25, 0.3) is 0 Å². The number of carbonyl (C=O) groups excluding carboxylic acids is 4. The molecule has 2 aliphatic rings. The highest BCUT2D eigenvalue weighted by molar-refractivity contribution is 6.11. The van der Waals surface area contributed by atoms with E-state index in [0.29, 0.717) is 11.1 Å². The number of amides is 3. The van der Waals surface area contributed by atoms with Crippen LogP contribution >= 0.6 is 0 Å². The number of nitrogens with zero attached hydrogens (tertiary/aromatic N) is 2. The van der Waals surface area contributed by atoms with Crippen molar-refractivity contribution in [1.82, 2.24) is 10.2 Å². The van der Waals surface area contributed by atoms with E-state index in [-0.39, 0.29) is 12.3 Å². The molecule has 1 saturated carbocycles. The largest absolute Gasteiger partial charge is 0.454 e. The topological polar surface area (TPSA) is 117 Å². The lowest BCUT2D eigenvalue weighted by Crippen LogP contribution is -2.49. The Morgan fingerprint density at radius 2 is 2.04 bits per heavy atom. The number of carbonyl (C=O) groups is 4. The third-order valence-electron chi connectivity index (χ3n) is 4.81. The Morgan fingerprint density at radius 1 is 1.33 bits per heavy atom. The van der Waals surface area contributed by atoms with Gasteiger partial charge in [0.05, 0.1) is 12.5 Å². The summed E-state index contributed by atoms with van der Waals surface area (Å²) in [5, 5.41) is 11.8. The minimum atomic E-state index is -0.980. The Labute approximate surface area is 156 Å². The van der Waals surface area contributed by atoms with Crippen molar-refractivity contribution in [3.8, 4) is 6.07 Å². The molecule has 1 fully saturated rings. The number of imide groups is 1. The zero-order valence-corrected chi connectivity index (χ0v) is 14.9. The maximum atomic E-state index is 12.4. The summed E-state index contributed by atoms with van der Waals surface area (Å²) in [5.74, 6) is -2.41. The SMILES string of the molecule is C[C@](C#N)(NC(=O)COC(=O)CN1C(=O)Cc2ccccc2C1=O)C1CC1. The molecule has 1 aromatic rings. The van der Waals surface area contributed by atoms with Crippen molar-refractivity contribution in [2.24, 2.45) is 5.92 Å². The van der Waals surface area contributed by atoms with Crippen molar-refractivity contribution in [3.63, 3.8) is 0 Å². The first-order valence-corrected chi connectivity index (χ1v) is 8.64. The number of rotatable bonds is 6. The molecule has 0 bridgehead atoms. The van der Waals surface area contributed by atoms with Gasteiger partial charge >= 0.3 is 5.97 Å². The van der Waals surface area contributed by atoms with E-state index in [9.17, 15) is 24.4 Å². The van der Waals surface area contributed by atoms with Crippen LogP contribution in [0, 0.1) is 17.2 Å². The quantitative estimate of drug-likeness (QED) is 0.579. The van der Waals surface area contributed by atoms with Gasteiger partial charge in [0, 0.05) is 5.56 Å². The highest BCUT2D eigenvalue weighted by Crippen LogP contribution is 2.39. The first-order chi connectivity index (χ1) is 12.8. The normalized spacial score (nSPS) is 18.1. The van der Waals surface area contributed by atoms with E-state index in [1.165, 1.54) is 0 Å². The summed E-state index contributed by atoms with van der Waals surface area (Å²) in [5.41, 5.74) is 0.00987. The average molecular weight is 369 g/mol. The molecule has 3 rings (SSSR count). The van der Waals surface area contributed by atoms with Crippen molar-refractivity contribution in [3.05, 3.63) is 35.4 Å². The standard InChI is InChI=1S/C19H19N3O5/c1-19(11-20,13-6-7-13)21-15(23)10-27-17(25)9-22-16(24)8-12-4-2-3-5-14(12)18(22)26/h2-5,13H,6-10H2,1H3,(H,21,23)/t19-/m1/s1. The minimum Gasteiger partial charge on any atom is -0.454 e. The first kappa shape index (κ1) is 18.6. The van der Waals surface area contributed by atoms with Crippen LogP contribution in [0.15, 0.2) is 24.3 Å². The Bertz CT molecular complexity index is 855. The zero-order chi connectivity index (χ0) is 19.6. The Hall–Kier alpha value is -3.21. The van der Waals surface area contributed by atoms with E-state index >= 15 is 0 Å². The summed E-state index contributed by atoms with van der Waals surface area (Å²) >= 11 is 0. The fourth-order valence-electron chi connectivity index (χ4n) is 3.09. The smallest absolute Gasteiger partial charge is 0.326 e. The van der Waals surface area contributed by atoms with Crippen LogP contribution in [0.1, 0.15) is 35.7 Å². The molecule has 1 aromatic carbocycles. The third-order valence-corrected chi connectivity index (χ3v) is 4.81. The Kier molecular flexibility index (Phi) is 4.95. The van der Waals surface area contributed by atoms with E-state index in [2.05, 4.69) is 11.4 Å². The third kappa shape index (κ3) is 3.97. The number of nitriles is 1. The molecule has 1 atom stereocenters. The van der Waals surface area contributed by atoms with Crippen LogP contribution in [0.5, 0.6) is 0 Å². The van der Waals surface area contributed by atoms with E-state index in [0.717, 1.165) is 17.7 Å². The maximum absolute atomic E-state index is 12.4. The number of benzene rings is 1. The van der Waals surface area contributed by atoms with Gasteiger partial charge in [0.2, 0.25) is 5.91 Å². The van der Waals surface area contributed by atoms with Crippen molar-refractivity contribution in [2.45, 2.75) is 31.7 Å². The monoisotopic (exact) mass is 369 g/mol. The number of hydrogen-bond acceptors (Lipinski definition) is 6. The molecular formula is C19H19N3O5. The first-order valence-electron chi connectivity index (χ1n) is 8.64. The van der Waals surface area contributed by atoms with Crippen LogP contribution in [0.4, 0.5) is 0 Å². The van der Waals surface area contributed by atoms with Gasteiger partial charge in [0.15, 0.2) is 6.61 Å². The molecule has 8 heteroatoms. The molecule has 1 heterocycles. The van der Waals surface area contributed by atoms with Crippen molar-refractivity contribution in [1.29, 1.82) is 5.26 Å². The van der Waals surface area contributed by atoms with Gasteiger partial charge in [-0.2, -0.15) is 5.26 Å².